The number of benzene rings is 1. The lowest BCUT2D eigenvalue weighted by Gasteiger charge is -2.03. The Kier molecular flexibility index (Phi) is 4.08. The number of aromatic nitrogens is 3. The molecule has 0 atom stereocenters. The molecular weight excluding hydrogens is 318 g/mol. The average molecular weight is 330 g/mol. The smallest absolute Gasteiger partial charge is 0.303 e. The van der Waals surface area contributed by atoms with Crippen molar-refractivity contribution in [2.75, 3.05) is 6.61 Å². The van der Waals surface area contributed by atoms with E-state index in [1.807, 2.05) is 24.3 Å². The number of rotatable bonds is 4. The predicted octanol–water partition coefficient (Wildman–Crippen LogP) is 2.82. The Bertz CT molecular complexity index is 904. The second-order valence-corrected chi connectivity index (χ2v) is 5.16. The molecular formula is C16H12ClN3O3. The molecule has 0 unspecified atom stereocenters. The molecule has 0 spiro atoms. The summed E-state index contributed by atoms with van der Waals surface area (Å²) in [5, 5.41) is 0.868. The van der Waals surface area contributed by atoms with Crippen molar-refractivity contribution in [2.45, 2.75) is 6.92 Å². The maximum Gasteiger partial charge on any atom is 0.303 e. The molecule has 23 heavy (non-hydrogen) atoms. The van der Waals surface area contributed by atoms with Crippen LogP contribution in [-0.2, 0) is 9.53 Å². The molecule has 3 aromatic rings. The van der Waals surface area contributed by atoms with Crippen molar-refractivity contribution < 1.29 is 14.3 Å². The molecule has 0 amide bonds. The SMILES string of the molecule is CC(=O)OCC(=O)c1cn(-c2ccnc(Cl)n2)c2ccccc12. The number of fused-ring (bicyclic) bond motifs is 1. The van der Waals surface area contributed by atoms with Gasteiger partial charge in [0.05, 0.1) is 5.52 Å². The Morgan fingerprint density at radius 3 is 2.78 bits per heavy atom. The lowest BCUT2D eigenvalue weighted by atomic mass is 10.1. The fraction of sp³-hybridized carbons (Fsp3) is 0.125. The highest BCUT2D eigenvalue weighted by Gasteiger charge is 2.17. The average Bonchev–Trinajstić information content (AvgIpc) is 2.92. The van der Waals surface area contributed by atoms with E-state index in [0.717, 1.165) is 10.9 Å². The van der Waals surface area contributed by atoms with Gasteiger partial charge in [-0.15, -0.1) is 0 Å². The van der Waals surface area contributed by atoms with Crippen LogP contribution >= 0.6 is 11.6 Å². The Balaban J connectivity index is 2.10. The third kappa shape index (κ3) is 3.07. The minimum Gasteiger partial charge on any atom is -0.457 e. The first-order valence-corrected chi connectivity index (χ1v) is 7.19. The van der Waals surface area contributed by atoms with Gasteiger partial charge in [-0.1, -0.05) is 18.2 Å². The predicted molar refractivity (Wildman–Crippen MR) is 84.8 cm³/mol. The van der Waals surface area contributed by atoms with Gasteiger partial charge in [-0.25, -0.2) is 4.98 Å². The van der Waals surface area contributed by atoms with Crippen LogP contribution in [0, 0.1) is 0 Å². The van der Waals surface area contributed by atoms with Crippen LogP contribution in [0.4, 0.5) is 0 Å². The molecule has 2 aromatic heterocycles. The summed E-state index contributed by atoms with van der Waals surface area (Å²) < 4.78 is 6.55. The Morgan fingerprint density at radius 2 is 2.04 bits per heavy atom. The molecule has 0 saturated heterocycles. The first kappa shape index (κ1) is 15.2. The van der Waals surface area contributed by atoms with Crippen molar-refractivity contribution in [3.05, 3.63) is 53.6 Å². The number of nitrogens with zero attached hydrogens (tertiary/aromatic N) is 3. The van der Waals surface area contributed by atoms with Crippen LogP contribution in [0.3, 0.4) is 0 Å². The van der Waals surface area contributed by atoms with Gasteiger partial charge in [0, 0.05) is 30.3 Å². The van der Waals surface area contributed by atoms with Gasteiger partial charge in [0.15, 0.2) is 6.61 Å². The molecule has 6 nitrogen and oxygen atoms in total. The third-order valence-electron chi connectivity index (χ3n) is 3.28. The van der Waals surface area contributed by atoms with Crippen LogP contribution in [0.15, 0.2) is 42.7 Å². The number of para-hydroxylation sites is 1. The molecule has 0 saturated carbocycles. The summed E-state index contributed by atoms with van der Waals surface area (Å²) in [4.78, 5) is 31.2. The molecule has 0 bridgehead atoms. The van der Waals surface area contributed by atoms with Crippen LogP contribution in [0.1, 0.15) is 17.3 Å². The fourth-order valence-corrected chi connectivity index (χ4v) is 2.44. The molecule has 0 fully saturated rings. The van der Waals surface area contributed by atoms with Gasteiger partial charge < -0.3 is 9.30 Å². The number of hydrogen-bond donors (Lipinski definition) is 0. The Labute approximate surface area is 136 Å². The van der Waals surface area contributed by atoms with Gasteiger partial charge in [-0.3, -0.25) is 9.59 Å². The van der Waals surface area contributed by atoms with Crippen molar-refractivity contribution >= 4 is 34.3 Å². The number of esters is 1. The standard InChI is InChI=1S/C16H12ClN3O3/c1-10(21)23-9-14(22)12-8-20(13-5-3-2-4-11(12)13)15-6-7-18-16(17)19-15/h2-8H,9H2,1H3. The van der Waals surface area contributed by atoms with Gasteiger partial charge in [-0.05, 0) is 23.7 Å². The van der Waals surface area contributed by atoms with E-state index >= 15 is 0 Å². The van der Waals surface area contributed by atoms with Crippen molar-refractivity contribution in [3.63, 3.8) is 0 Å². The van der Waals surface area contributed by atoms with E-state index < -0.39 is 5.97 Å². The summed E-state index contributed by atoms with van der Waals surface area (Å²) in [5.74, 6) is -0.229. The molecule has 2 heterocycles. The number of Topliss-reactive ketones (excluding diaryl/α,β-unsaturated/α-hetero) is 1. The monoisotopic (exact) mass is 329 g/mol. The van der Waals surface area contributed by atoms with Crippen molar-refractivity contribution in [3.8, 4) is 5.82 Å². The highest BCUT2D eigenvalue weighted by atomic mass is 35.5. The van der Waals surface area contributed by atoms with E-state index in [-0.39, 0.29) is 17.7 Å². The number of carbonyl (C=O) groups is 2. The summed E-state index contributed by atoms with van der Waals surface area (Å²) in [7, 11) is 0. The van der Waals surface area contributed by atoms with Crippen molar-refractivity contribution in [1.82, 2.24) is 14.5 Å². The second kappa shape index (κ2) is 6.18. The van der Waals surface area contributed by atoms with Gasteiger partial charge in [0.1, 0.15) is 5.82 Å². The van der Waals surface area contributed by atoms with Gasteiger partial charge in [0.2, 0.25) is 11.1 Å². The molecule has 3 rings (SSSR count). The summed E-state index contributed by atoms with van der Waals surface area (Å²) >= 11 is 5.84. The highest BCUT2D eigenvalue weighted by Crippen LogP contribution is 2.24. The minimum atomic E-state index is -0.496. The maximum atomic E-state index is 12.3. The Hall–Kier alpha value is -2.73. The molecule has 0 N–H and O–H groups in total. The van der Waals surface area contributed by atoms with Crippen LogP contribution < -0.4 is 0 Å². The van der Waals surface area contributed by atoms with Crippen LogP contribution in [0.2, 0.25) is 5.28 Å². The highest BCUT2D eigenvalue weighted by molar-refractivity contribution is 6.28. The molecule has 0 aliphatic rings. The lowest BCUT2D eigenvalue weighted by molar-refractivity contribution is -0.139. The largest absolute Gasteiger partial charge is 0.457 e. The van der Waals surface area contributed by atoms with Crippen LogP contribution in [0.5, 0.6) is 0 Å². The number of ether oxygens (including phenoxy) is 1. The molecule has 116 valence electrons. The van der Waals surface area contributed by atoms with Crippen LogP contribution in [-0.4, -0.2) is 32.9 Å². The zero-order valence-corrected chi connectivity index (χ0v) is 12.9. The molecule has 1 aromatic carbocycles. The fourth-order valence-electron chi connectivity index (χ4n) is 2.30. The molecule has 0 aliphatic carbocycles. The van der Waals surface area contributed by atoms with Crippen molar-refractivity contribution in [2.24, 2.45) is 0 Å². The maximum absolute atomic E-state index is 12.3. The normalized spacial score (nSPS) is 10.7. The molecule has 0 radical (unpaired) electrons. The summed E-state index contributed by atoms with van der Waals surface area (Å²) in [6.07, 6.45) is 3.20. The number of hydrogen-bond acceptors (Lipinski definition) is 5. The third-order valence-corrected chi connectivity index (χ3v) is 3.46. The number of carbonyl (C=O) groups excluding carboxylic acids is 2. The number of halogens is 1. The van der Waals surface area contributed by atoms with E-state index in [0.29, 0.717) is 11.4 Å². The van der Waals surface area contributed by atoms with Gasteiger partial charge in [-0.2, -0.15) is 4.98 Å². The van der Waals surface area contributed by atoms with Crippen LogP contribution in [0.25, 0.3) is 16.7 Å². The zero-order chi connectivity index (χ0) is 16.4. The van der Waals surface area contributed by atoms with E-state index in [4.69, 9.17) is 16.3 Å². The van der Waals surface area contributed by atoms with Gasteiger partial charge >= 0.3 is 5.97 Å². The molecule has 7 heteroatoms. The van der Waals surface area contributed by atoms with E-state index in [1.165, 1.54) is 6.92 Å². The Morgan fingerprint density at radius 1 is 1.26 bits per heavy atom. The van der Waals surface area contributed by atoms with Gasteiger partial charge in [0.25, 0.3) is 0 Å². The van der Waals surface area contributed by atoms with E-state index in [2.05, 4.69) is 9.97 Å². The first-order chi connectivity index (χ1) is 11.1. The first-order valence-electron chi connectivity index (χ1n) is 6.82. The quantitative estimate of drug-likeness (QED) is 0.418. The second-order valence-electron chi connectivity index (χ2n) is 4.82. The van der Waals surface area contributed by atoms with Crippen molar-refractivity contribution in [1.29, 1.82) is 0 Å². The van der Waals surface area contributed by atoms with E-state index in [9.17, 15) is 9.59 Å². The summed E-state index contributed by atoms with van der Waals surface area (Å²) in [6.45, 7) is 0.966. The number of ketones is 1. The lowest BCUT2D eigenvalue weighted by Crippen LogP contribution is -2.11. The topological polar surface area (TPSA) is 74.1 Å². The van der Waals surface area contributed by atoms with E-state index in [1.54, 1.807) is 23.0 Å². The summed E-state index contributed by atoms with van der Waals surface area (Å²) in [6, 6.07) is 9.09. The molecule has 0 aliphatic heterocycles. The summed E-state index contributed by atoms with van der Waals surface area (Å²) in [5.41, 5.74) is 1.25. The zero-order valence-electron chi connectivity index (χ0n) is 12.2. The minimum absolute atomic E-state index is 0.119.